The summed E-state index contributed by atoms with van der Waals surface area (Å²) < 4.78 is 52.9. The number of nitrogens with two attached hydrogens (primary N) is 1. The maximum absolute atomic E-state index is 15.6. The normalized spacial score (nSPS) is 19.7. The molecule has 2 aliphatic rings. The molecular weight excluding hydrogens is 565 g/mol. The second-order valence-corrected chi connectivity index (χ2v) is 12.2. The highest BCUT2D eigenvalue weighted by atomic mass is 35.5. The number of aryl methyl sites for hydroxylation is 1. The number of ether oxygens (including phenoxy) is 1. The van der Waals surface area contributed by atoms with Gasteiger partial charge in [-0.1, -0.05) is 11.6 Å². The lowest BCUT2D eigenvalue weighted by Crippen LogP contribution is -2.52. The molecule has 0 saturated carbocycles. The average Bonchev–Trinajstić information content (AvgIpc) is 2.94. The van der Waals surface area contributed by atoms with E-state index in [9.17, 15) is 9.18 Å². The number of hydrogen-bond acceptors (Lipinski definition) is 5. The number of alkyl halides is 2. The third-order valence-electron chi connectivity index (χ3n) is 9.15. The van der Waals surface area contributed by atoms with E-state index in [0.29, 0.717) is 72.2 Å². The van der Waals surface area contributed by atoms with E-state index in [0.717, 1.165) is 16.7 Å². The number of benzene rings is 2. The van der Waals surface area contributed by atoms with Crippen molar-refractivity contribution in [3.8, 4) is 16.9 Å². The number of anilines is 2. The zero-order chi connectivity index (χ0) is 30.3. The number of nitrogens with zero attached hydrogens (tertiary/aromatic N) is 3. The van der Waals surface area contributed by atoms with Gasteiger partial charge in [0, 0.05) is 66.2 Å². The van der Waals surface area contributed by atoms with Crippen LogP contribution in [0.4, 0.5) is 24.5 Å². The Hall–Kier alpha value is -3.17. The number of methoxy groups -OCH3 is 1. The minimum Gasteiger partial charge on any atom is -0.496 e. The molecule has 3 aromatic rings. The van der Waals surface area contributed by atoms with E-state index in [1.165, 1.54) is 10.6 Å². The Bertz CT molecular complexity index is 1540. The van der Waals surface area contributed by atoms with Crippen LogP contribution in [-0.2, 0) is 13.6 Å². The molecule has 0 bridgehead atoms. The highest BCUT2D eigenvalue weighted by molar-refractivity contribution is 6.32. The molecule has 0 radical (unpaired) electrons. The highest BCUT2D eigenvalue weighted by Gasteiger charge is 2.48. The zero-order valence-electron chi connectivity index (χ0n) is 24.5. The van der Waals surface area contributed by atoms with Crippen LogP contribution in [0.15, 0.2) is 41.3 Å². The number of rotatable bonds is 6. The van der Waals surface area contributed by atoms with Crippen molar-refractivity contribution < 1.29 is 17.9 Å². The highest BCUT2D eigenvalue weighted by Crippen LogP contribution is 2.44. The van der Waals surface area contributed by atoms with E-state index in [1.54, 1.807) is 44.3 Å². The van der Waals surface area contributed by atoms with E-state index in [1.807, 2.05) is 24.0 Å². The van der Waals surface area contributed by atoms with Crippen molar-refractivity contribution in [2.24, 2.45) is 18.9 Å². The van der Waals surface area contributed by atoms with Crippen LogP contribution in [0.3, 0.4) is 0 Å². The standard InChI is InChI=1S/C32H38ClF3N4O2/c1-19-20(2)31(41)38(3)16-24(19)22-13-27(33)25(30(14-22)42-4)17-39-10-9-26(32(35,36)18-39)21-7-11-40(12-8-21)29-6-5-23(37)15-28(29)34/h5-6,13-16,21,26H,7-12,17-18,37H2,1-4H3. The molecule has 10 heteroatoms. The van der Waals surface area contributed by atoms with Crippen molar-refractivity contribution in [1.82, 2.24) is 9.47 Å². The molecule has 6 nitrogen and oxygen atoms in total. The van der Waals surface area contributed by atoms with Crippen LogP contribution in [-0.4, -0.2) is 48.7 Å². The Morgan fingerprint density at radius 1 is 1.07 bits per heavy atom. The van der Waals surface area contributed by atoms with Crippen molar-refractivity contribution in [3.05, 3.63) is 74.4 Å². The molecule has 1 atom stereocenters. The molecule has 2 aliphatic heterocycles. The van der Waals surface area contributed by atoms with Gasteiger partial charge in [0.05, 0.1) is 19.3 Å². The van der Waals surface area contributed by atoms with Gasteiger partial charge >= 0.3 is 0 Å². The maximum atomic E-state index is 15.6. The third-order valence-corrected chi connectivity index (χ3v) is 9.49. The molecule has 2 aromatic carbocycles. The second-order valence-electron chi connectivity index (χ2n) is 11.7. The number of likely N-dealkylation sites (tertiary alicyclic amines) is 1. The summed E-state index contributed by atoms with van der Waals surface area (Å²) in [5.74, 6) is -3.56. The molecule has 1 aromatic heterocycles. The van der Waals surface area contributed by atoms with Gasteiger partial charge in [0.1, 0.15) is 11.6 Å². The van der Waals surface area contributed by atoms with Gasteiger partial charge in [0.2, 0.25) is 0 Å². The Balaban J connectivity index is 1.27. The fourth-order valence-corrected chi connectivity index (χ4v) is 6.93. The molecule has 2 N–H and O–H groups in total. The van der Waals surface area contributed by atoms with Gasteiger partial charge in [-0.2, -0.15) is 0 Å². The van der Waals surface area contributed by atoms with E-state index >= 15 is 8.78 Å². The predicted octanol–water partition coefficient (Wildman–Crippen LogP) is 6.43. The summed E-state index contributed by atoms with van der Waals surface area (Å²) >= 11 is 6.75. The van der Waals surface area contributed by atoms with Gasteiger partial charge in [-0.3, -0.25) is 9.69 Å². The van der Waals surface area contributed by atoms with Crippen LogP contribution in [0.5, 0.6) is 5.75 Å². The molecule has 3 heterocycles. The first kappa shape index (κ1) is 30.3. The lowest BCUT2D eigenvalue weighted by molar-refractivity contribution is -0.133. The van der Waals surface area contributed by atoms with Crippen molar-refractivity contribution in [1.29, 1.82) is 0 Å². The van der Waals surface area contributed by atoms with Crippen molar-refractivity contribution >= 4 is 23.0 Å². The lowest BCUT2D eigenvalue weighted by Gasteiger charge is -2.44. The molecule has 0 aliphatic carbocycles. The molecule has 0 spiro atoms. The van der Waals surface area contributed by atoms with Gasteiger partial charge in [0.25, 0.3) is 11.5 Å². The smallest absolute Gasteiger partial charge is 0.263 e. The lowest BCUT2D eigenvalue weighted by atomic mass is 9.76. The number of aromatic nitrogens is 1. The number of hydrogen-bond donors (Lipinski definition) is 1. The Morgan fingerprint density at radius 3 is 2.43 bits per heavy atom. The van der Waals surface area contributed by atoms with E-state index in [2.05, 4.69) is 0 Å². The number of halogens is 4. The van der Waals surface area contributed by atoms with E-state index < -0.39 is 11.8 Å². The van der Waals surface area contributed by atoms with Crippen molar-refractivity contribution in [3.63, 3.8) is 0 Å². The zero-order valence-corrected chi connectivity index (χ0v) is 25.3. The van der Waals surface area contributed by atoms with E-state index in [4.69, 9.17) is 22.1 Å². The van der Waals surface area contributed by atoms with Crippen LogP contribution >= 0.6 is 11.6 Å². The van der Waals surface area contributed by atoms with Crippen LogP contribution in [0, 0.1) is 31.5 Å². The summed E-state index contributed by atoms with van der Waals surface area (Å²) in [5, 5.41) is 0.433. The maximum Gasteiger partial charge on any atom is 0.263 e. The molecule has 2 saturated heterocycles. The summed E-state index contributed by atoms with van der Waals surface area (Å²) in [6.45, 7) is 5.17. The summed E-state index contributed by atoms with van der Waals surface area (Å²) in [7, 11) is 3.25. The molecule has 5 rings (SSSR count). The first-order valence-electron chi connectivity index (χ1n) is 14.3. The quantitative estimate of drug-likeness (QED) is 0.330. The minimum atomic E-state index is -2.86. The Kier molecular flexibility index (Phi) is 8.54. The predicted molar refractivity (Wildman–Crippen MR) is 162 cm³/mol. The first-order valence-corrected chi connectivity index (χ1v) is 14.7. The fraction of sp³-hybridized carbons (Fsp3) is 0.469. The van der Waals surface area contributed by atoms with E-state index in [-0.39, 0.29) is 30.4 Å². The molecule has 2 fully saturated rings. The monoisotopic (exact) mass is 602 g/mol. The van der Waals surface area contributed by atoms with Gasteiger partial charge < -0.3 is 19.9 Å². The topological polar surface area (TPSA) is 63.7 Å². The Labute approximate surface area is 249 Å². The molecule has 0 amide bonds. The van der Waals surface area contributed by atoms with Crippen molar-refractivity contribution in [2.75, 3.05) is 43.9 Å². The van der Waals surface area contributed by atoms with Gasteiger partial charge in [-0.15, -0.1) is 0 Å². The molecule has 1 unspecified atom stereocenters. The van der Waals surface area contributed by atoms with Crippen molar-refractivity contribution in [2.45, 2.75) is 45.6 Å². The van der Waals surface area contributed by atoms with Crippen LogP contribution in [0.1, 0.15) is 36.0 Å². The number of nitrogen functional groups attached to an aromatic ring is 1. The summed E-state index contributed by atoms with van der Waals surface area (Å²) in [6, 6.07) is 8.29. The van der Waals surface area contributed by atoms with Gasteiger partial charge in [0.15, 0.2) is 0 Å². The molecule has 42 heavy (non-hydrogen) atoms. The molecular formula is C32H38ClF3N4O2. The van der Waals surface area contributed by atoms with Gasteiger partial charge in [-0.05, 0) is 87.0 Å². The first-order chi connectivity index (χ1) is 19.9. The summed E-state index contributed by atoms with van der Waals surface area (Å²) in [6.07, 6.45) is 3.34. The van der Waals surface area contributed by atoms with Crippen LogP contribution in [0.2, 0.25) is 5.02 Å². The largest absolute Gasteiger partial charge is 0.496 e. The van der Waals surface area contributed by atoms with Crippen LogP contribution in [0.25, 0.3) is 11.1 Å². The fourth-order valence-electron chi connectivity index (χ4n) is 6.66. The van der Waals surface area contributed by atoms with Gasteiger partial charge in [-0.25, -0.2) is 13.2 Å². The molecule has 226 valence electrons. The average molecular weight is 603 g/mol. The number of pyridine rings is 1. The Morgan fingerprint density at radius 2 is 1.79 bits per heavy atom. The SMILES string of the molecule is COc1cc(-c2cn(C)c(=O)c(C)c2C)cc(Cl)c1CN1CCC(C2CCN(c3ccc(N)cc3F)CC2)C(F)(F)C1. The second kappa shape index (κ2) is 11.8. The summed E-state index contributed by atoms with van der Waals surface area (Å²) in [4.78, 5) is 16.0. The summed E-state index contributed by atoms with van der Waals surface area (Å²) in [5.41, 5.74) is 10.3. The minimum absolute atomic E-state index is 0.0588. The van der Waals surface area contributed by atoms with Crippen LogP contribution < -0.4 is 20.9 Å². The number of piperidine rings is 2. The third kappa shape index (κ3) is 5.86.